The van der Waals surface area contributed by atoms with E-state index in [0.717, 1.165) is 52.5 Å². The number of aromatic nitrogens is 2. The second kappa shape index (κ2) is 8.38. The number of carbonyl (C=O) groups is 1. The van der Waals surface area contributed by atoms with Crippen molar-refractivity contribution in [2.24, 2.45) is 0 Å². The standard InChI is InChI=1S/C27H30FN3O/c1-15(2)20-11-18(5)22(28)13-21(20)25-17(4)8-7-9-24(25)31(6)27(32)23-12-19-10-16(3)14-29-26(19)30-23/h10-14,24H,1,7-9H2,2-6H3,(H,29,30). The summed E-state index contributed by atoms with van der Waals surface area (Å²) in [5.74, 6) is -0.331. The number of nitrogens with zero attached hydrogens (tertiary/aromatic N) is 2. The van der Waals surface area contributed by atoms with E-state index in [2.05, 4.69) is 23.5 Å². The molecule has 2 aromatic heterocycles. The first kappa shape index (κ1) is 22.0. The van der Waals surface area contributed by atoms with Gasteiger partial charge in [-0.25, -0.2) is 9.37 Å². The zero-order chi connectivity index (χ0) is 23.2. The van der Waals surface area contributed by atoms with Gasteiger partial charge >= 0.3 is 0 Å². The number of H-pyrrole nitrogens is 1. The first-order chi connectivity index (χ1) is 15.2. The molecule has 0 saturated heterocycles. The maximum Gasteiger partial charge on any atom is 0.270 e. The summed E-state index contributed by atoms with van der Waals surface area (Å²) in [5, 5.41) is 0.919. The Bertz CT molecular complexity index is 1270. The molecule has 1 aliphatic rings. The normalized spacial score (nSPS) is 16.5. The SMILES string of the molecule is C=C(C)c1cc(C)c(F)cc1C1=C(C)CCCC1N(C)C(=O)c1cc2cc(C)cnc2[nH]1. The number of allylic oxidation sites excluding steroid dienone is 2. The number of carbonyl (C=O) groups excluding carboxylic acids is 1. The van der Waals surface area contributed by atoms with E-state index in [4.69, 9.17) is 0 Å². The number of aromatic amines is 1. The summed E-state index contributed by atoms with van der Waals surface area (Å²) in [4.78, 5) is 22.8. The van der Waals surface area contributed by atoms with Gasteiger partial charge in [0.05, 0.1) is 6.04 Å². The zero-order valence-corrected chi connectivity index (χ0v) is 19.5. The van der Waals surface area contributed by atoms with Crippen LogP contribution in [0.1, 0.15) is 65.9 Å². The molecular formula is C27H30FN3O. The van der Waals surface area contributed by atoms with Crippen LogP contribution in [-0.2, 0) is 0 Å². The Morgan fingerprint density at radius 1 is 1.22 bits per heavy atom. The monoisotopic (exact) mass is 431 g/mol. The van der Waals surface area contributed by atoms with Gasteiger partial charge in [-0.3, -0.25) is 4.79 Å². The summed E-state index contributed by atoms with van der Waals surface area (Å²) in [7, 11) is 1.83. The van der Waals surface area contributed by atoms with Gasteiger partial charge in [0.25, 0.3) is 5.91 Å². The summed E-state index contributed by atoms with van der Waals surface area (Å²) >= 11 is 0. The fraction of sp³-hybridized carbons (Fsp3) is 0.333. The van der Waals surface area contributed by atoms with Crippen LogP contribution in [0.2, 0.25) is 0 Å². The molecule has 1 N–H and O–H groups in total. The Morgan fingerprint density at radius 3 is 2.69 bits per heavy atom. The van der Waals surface area contributed by atoms with Crippen LogP contribution in [0.5, 0.6) is 0 Å². The Morgan fingerprint density at radius 2 is 1.97 bits per heavy atom. The van der Waals surface area contributed by atoms with Crippen molar-refractivity contribution in [3.05, 3.63) is 76.4 Å². The van der Waals surface area contributed by atoms with Crippen molar-refractivity contribution in [3.63, 3.8) is 0 Å². The molecule has 0 bridgehead atoms. The third-order valence-corrected chi connectivity index (χ3v) is 6.50. The number of halogens is 1. The fourth-order valence-corrected chi connectivity index (χ4v) is 4.75. The quantitative estimate of drug-likeness (QED) is 0.516. The second-order valence-electron chi connectivity index (χ2n) is 9.08. The highest BCUT2D eigenvalue weighted by Gasteiger charge is 2.31. The molecule has 1 unspecified atom stereocenters. The number of nitrogens with one attached hydrogen (secondary N) is 1. The molecule has 1 aliphatic carbocycles. The van der Waals surface area contributed by atoms with E-state index in [1.807, 2.05) is 39.1 Å². The summed E-state index contributed by atoms with van der Waals surface area (Å²) in [6.07, 6.45) is 4.54. The average molecular weight is 432 g/mol. The van der Waals surface area contributed by atoms with Crippen molar-refractivity contribution in [1.82, 2.24) is 14.9 Å². The summed E-state index contributed by atoms with van der Waals surface area (Å²) in [6.45, 7) is 11.9. The number of likely N-dealkylation sites (N-methyl/N-ethyl adjacent to an activating group) is 1. The molecule has 32 heavy (non-hydrogen) atoms. The maximum absolute atomic E-state index is 14.7. The number of amides is 1. The van der Waals surface area contributed by atoms with Crippen molar-refractivity contribution in [1.29, 1.82) is 0 Å². The number of rotatable bonds is 4. The minimum atomic E-state index is -0.235. The Balaban J connectivity index is 1.76. The van der Waals surface area contributed by atoms with Gasteiger partial charge in [0.1, 0.15) is 17.2 Å². The van der Waals surface area contributed by atoms with Gasteiger partial charge in [-0.1, -0.05) is 17.7 Å². The first-order valence-corrected chi connectivity index (χ1v) is 11.1. The van der Waals surface area contributed by atoms with Crippen molar-refractivity contribution in [3.8, 4) is 0 Å². The molecule has 0 saturated carbocycles. The lowest BCUT2D eigenvalue weighted by Crippen LogP contribution is -2.39. The number of aryl methyl sites for hydroxylation is 2. The van der Waals surface area contributed by atoms with Crippen LogP contribution in [-0.4, -0.2) is 33.9 Å². The van der Waals surface area contributed by atoms with E-state index >= 15 is 0 Å². The van der Waals surface area contributed by atoms with Gasteiger partial charge in [-0.15, -0.1) is 0 Å². The molecule has 1 aromatic carbocycles. The Hall–Kier alpha value is -3.21. The van der Waals surface area contributed by atoms with Crippen LogP contribution >= 0.6 is 0 Å². The highest BCUT2D eigenvalue weighted by Crippen LogP contribution is 2.39. The van der Waals surface area contributed by atoms with E-state index in [9.17, 15) is 9.18 Å². The highest BCUT2D eigenvalue weighted by atomic mass is 19.1. The Labute approximate surface area is 188 Å². The number of benzene rings is 1. The number of hydrogen-bond acceptors (Lipinski definition) is 2. The Kier molecular flexibility index (Phi) is 5.76. The predicted molar refractivity (Wildman–Crippen MR) is 129 cm³/mol. The number of hydrogen-bond donors (Lipinski definition) is 1. The van der Waals surface area contributed by atoms with Crippen molar-refractivity contribution >= 4 is 28.1 Å². The van der Waals surface area contributed by atoms with E-state index in [1.165, 1.54) is 5.57 Å². The molecule has 1 atom stereocenters. The second-order valence-corrected chi connectivity index (χ2v) is 9.08. The van der Waals surface area contributed by atoms with E-state index in [0.29, 0.717) is 16.9 Å². The smallest absolute Gasteiger partial charge is 0.270 e. The topological polar surface area (TPSA) is 49.0 Å². The predicted octanol–water partition coefficient (Wildman–Crippen LogP) is 6.45. The van der Waals surface area contributed by atoms with Gasteiger partial charge in [0.15, 0.2) is 0 Å². The average Bonchev–Trinajstić information content (AvgIpc) is 3.17. The first-order valence-electron chi connectivity index (χ1n) is 11.1. The van der Waals surface area contributed by atoms with Gasteiger partial charge in [-0.05, 0) is 99.0 Å². The van der Waals surface area contributed by atoms with Crippen LogP contribution in [0.3, 0.4) is 0 Å². The molecule has 166 valence electrons. The van der Waals surface area contributed by atoms with E-state index in [-0.39, 0.29) is 17.8 Å². The van der Waals surface area contributed by atoms with Crippen LogP contribution in [0, 0.1) is 19.7 Å². The third-order valence-electron chi connectivity index (χ3n) is 6.50. The van der Waals surface area contributed by atoms with E-state index in [1.54, 1.807) is 24.1 Å². The summed E-state index contributed by atoms with van der Waals surface area (Å²) in [5.41, 5.74) is 7.76. The molecule has 0 radical (unpaired) electrons. The molecule has 5 heteroatoms. The zero-order valence-electron chi connectivity index (χ0n) is 19.5. The van der Waals surface area contributed by atoms with Crippen LogP contribution in [0.15, 0.2) is 42.6 Å². The maximum atomic E-state index is 14.7. The molecule has 4 nitrogen and oxygen atoms in total. The third kappa shape index (κ3) is 3.88. The molecule has 1 amide bonds. The van der Waals surface area contributed by atoms with Gasteiger partial charge in [-0.2, -0.15) is 0 Å². The molecule has 3 aromatic rings. The largest absolute Gasteiger partial charge is 0.335 e. The molecule has 2 heterocycles. The van der Waals surface area contributed by atoms with Gasteiger partial charge < -0.3 is 9.88 Å². The molecule has 4 rings (SSSR count). The summed E-state index contributed by atoms with van der Waals surface area (Å²) < 4.78 is 14.7. The minimum Gasteiger partial charge on any atom is -0.335 e. The van der Waals surface area contributed by atoms with Crippen molar-refractivity contribution in [2.75, 3.05) is 7.05 Å². The van der Waals surface area contributed by atoms with Gasteiger partial charge in [0.2, 0.25) is 0 Å². The van der Waals surface area contributed by atoms with Crippen LogP contribution in [0.4, 0.5) is 4.39 Å². The highest BCUT2D eigenvalue weighted by molar-refractivity contribution is 5.98. The molecule has 0 spiro atoms. The van der Waals surface area contributed by atoms with Crippen LogP contribution in [0.25, 0.3) is 22.2 Å². The van der Waals surface area contributed by atoms with Crippen LogP contribution < -0.4 is 0 Å². The molecular weight excluding hydrogens is 401 g/mol. The molecule has 0 aliphatic heterocycles. The lowest BCUT2D eigenvalue weighted by atomic mass is 9.80. The van der Waals surface area contributed by atoms with Gasteiger partial charge in [0, 0.05) is 18.6 Å². The summed E-state index contributed by atoms with van der Waals surface area (Å²) in [6, 6.07) is 7.21. The minimum absolute atomic E-state index is 0.0951. The lowest BCUT2D eigenvalue weighted by Gasteiger charge is -2.36. The van der Waals surface area contributed by atoms with E-state index < -0.39 is 0 Å². The fourth-order valence-electron chi connectivity index (χ4n) is 4.75. The number of pyridine rings is 1. The number of fused-ring (bicyclic) bond motifs is 1. The van der Waals surface area contributed by atoms with Crippen molar-refractivity contribution < 1.29 is 9.18 Å². The van der Waals surface area contributed by atoms with Crippen molar-refractivity contribution in [2.45, 2.75) is 53.0 Å². The lowest BCUT2D eigenvalue weighted by molar-refractivity contribution is 0.0751. The molecule has 0 fully saturated rings.